The van der Waals surface area contributed by atoms with Crippen molar-refractivity contribution >= 4 is 33.2 Å². The molecule has 82 valence electrons. The first kappa shape index (κ1) is 12.5. The van der Waals surface area contributed by atoms with Gasteiger partial charge in [0, 0.05) is 21.8 Å². The fourth-order valence-corrected chi connectivity index (χ4v) is 1.56. The van der Waals surface area contributed by atoms with Gasteiger partial charge in [-0.2, -0.15) is 0 Å². The third kappa shape index (κ3) is 3.50. The van der Waals surface area contributed by atoms with Crippen molar-refractivity contribution in [3.8, 4) is 0 Å². The van der Waals surface area contributed by atoms with Gasteiger partial charge in [0.05, 0.1) is 10.7 Å². The first-order chi connectivity index (χ1) is 6.81. The Morgan fingerprint density at radius 2 is 2.00 bits per heavy atom. The molecule has 0 aromatic carbocycles. The summed E-state index contributed by atoms with van der Waals surface area (Å²) >= 11 is 9.43. The number of hydrogen-bond donors (Lipinski definition) is 2. The lowest BCUT2D eigenvalue weighted by molar-refractivity contribution is 0.490. The minimum absolute atomic E-state index is 0.0297. The fourth-order valence-electron chi connectivity index (χ4n) is 0.996. The molecule has 0 radical (unpaired) electrons. The highest BCUT2D eigenvalue weighted by atomic mass is 79.9. The largest absolute Gasteiger partial charge is 0.386 e. The van der Waals surface area contributed by atoms with Crippen molar-refractivity contribution in [3.63, 3.8) is 0 Å². The van der Waals surface area contributed by atoms with E-state index in [1.807, 2.05) is 0 Å². The van der Waals surface area contributed by atoms with Crippen LogP contribution in [0.3, 0.4) is 0 Å². The second kappa shape index (κ2) is 4.54. The highest BCUT2D eigenvalue weighted by Gasteiger charge is 2.15. The van der Waals surface area contributed by atoms with Crippen LogP contribution in [0.4, 0.5) is 0 Å². The Balaban J connectivity index is 2.95. The Morgan fingerprint density at radius 3 is 2.53 bits per heavy atom. The number of halogens is 2. The topological polar surface area (TPSA) is 35.9 Å². The van der Waals surface area contributed by atoms with Crippen LogP contribution >= 0.6 is 27.5 Å². The molecule has 0 unspecified atom stereocenters. The van der Waals surface area contributed by atoms with E-state index in [1.165, 1.54) is 0 Å². The van der Waals surface area contributed by atoms with Crippen LogP contribution in [0.25, 0.3) is 0 Å². The summed E-state index contributed by atoms with van der Waals surface area (Å²) in [5.74, 6) is 0. The van der Waals surface area contributed by atoms with E-state index in [0.717, 1.165) is 4.48 Å². The zero-order valence-corrected chi connectivity index (χ0v) is 11.3. The van der Waals surface area contributed by atoms with Crippen LogP contribution in [0.5, 0.6) is 0 Å². The summed E-state index contributed by atoms with van der Waals surface area (Å²) in [4.78, 5) is 0. The van der Waals surface area contributed by atoms with Crippen LogP contribution in [0, 0.1) is 5.41 Å². The lowest BCUT2D eigenvalue weighted by atomic mass is 10.1. The Morgan fingerprint density at radius 1 is 1.40 bits per heavy atom. The van der Waals surface area contributed by atoms with E-state index in [-0.39, 0.29) is 5.54 Å². The van der Waals surface area contributed by atoms with E-state index < -0.39 is 0 Å². The van der Waals surface area contributed by atoms with Crippen LogP contribution in [-0.4, -0.2) is 11.3 Å². The summed E-state index contributed by atoms with van der Waals surface area (Å²) in [5.41, 5.74) is 1.10. The zero-order chi connectivity index (χ0) is 11.6. The van der Waals surface area contributed by atoms with E-state index >= 15 is 0 Å². The maximum Gasteiger partial charge on any atom is 0.0656 e. The third-order valence-corrected chi connectivity index (χ3v) is 3.08. The fraction of sp³-hybridized carbons (Fsp3) is 0.364. The molecule has 0 aromatic heterocycles. The van der Waals surface area contributed by atoms with Crippen molar-refractivity contribution < 1.29 is 0 Å². The molecule has 0 heterocycles. The van der Waals surface area contributed by atoms with Gasteiger partial charge in [-0.25, -0.2) is 0 Å². The highest BCUT2D eigenvalue weighted by Crippen LogP contribution is 2.29. The molecule has 2 N–H and O–H groups in total. The van der Waals surface area contributed by atoms with Crippen LogP contribution < -0.4 is 5.32 Å². The third-order valence-electron chi connectivity index (χ3n) is 1.78. The molecule has 0 aliphatic heterocycles. The minimum atomic E-state index is -0.0297. The van der Waals surface area contributed by atoms with Crippen molar-refractivity contribution in [3.05, 3.63) is 33.4 Å². The molecule has 0 spiro atoms. The van der Waals surface area contributed by atoms with Crippen molar-refractivity contribution in [1.82, 2.24) is 5.32 Å². The monoisotopic (exact) mass is 288 g/mol. The normalized spacial score (nSPS) is 20.1. The summed E-state index contributed by atoms with van der Waals surface area (Å²) < 4.78 is 0.808. The SMILES string of the molecule is CC(C)(C)N/C=C1\C(=N)C=CC(Br)=C1Cl. The summed E-state index contributed by atoms with van der Waals surface area (Å²) in [6, 6.07) is 0. The van der Waals surface area contributed by atoms with Crippen LogP contribution in [0.15, 0.2) is 33.4 Å². The zero-order valence-electron chi connectivity index (χ0n) is 8.99. The molecule has 0 atom stereocenters. The summed E-state index contributed by atoms with van der Waals surface area (Å²) in [7, 11) is 0. The van der Waals surface area contributed by atoms with E-state index in [9.17, 15) is 0 Å². The van der Waals surface area contributed by atoms with Gasteiger partial charge in [-0.1, -0.05) is 11.6 Å². The highest BCUT2D eigenvalue weighted by molar-refractivity contribution is 9.12. The second-order valence-electron chi connectivity index (χ2n) is 4.36. The smallest absolute Gasteiger partial charge is 0.0656 e. The second-order valence-corrected chi connectivity index (χ2v) is 5.59. The van der Waals surface area contributed by atoms with Gasteiger partial charge in [0.15, 0.2) is 0 Å². The van der Waals surface area contributed by atoms with Crippen molar-refractivity contribution in [2.24, 2.45) is 0 Å². The lowest BCUT2D eigenvalue weighted by Gasteiger charge is -2.21. The Bertz CT molecular complexity index is 373. The number of hydrogen-bond acceptors (Lipinski definition) is 2. The maximum atomic E-state index is 7.74. The van der Waals surface area contributed by atoms with Crippen molar-refractivity contribution in [2.75, 3.05) is 0 Å². The van der Waals surface area contributed by atoms with Gasteiger partial charge in [-0.15, -0.1) is 0 Å². The van der Waals surface area contributed by atoms with Gasteiger partial charge >= 0.3 is 0 Å². The van der Waals surface area contributed by atoms with Gasteiger partial charge < -0.3 is 10.7 Å². The average molecular weight is 290 g/mol. The molecule has 4 heteroatoms. The molecular formula is C11H14BrClN2. The predicted molar refractivity (Wildman–Crippen MR) is 69.6 cm³/mol. The quantitative estimate of drug-likeness (QED) is 0.759. The van der Waals surface area contributed by atoms with Gasteiger partial charge in [-0.3, -0.25) is 0 Å². The van der Waals surface area contributed by atoms with Gasteiger partial charge in [0.25, 0.3) is 0 Å². The molecule has 2 nitrogen and oxygen atoms in total. The minimum Gasteiger partial charge on any atom is -0.386 e. The maximum absolute atomic E-state index is 7.74. The Hall–Kier alpha value is -0.540. The van der Waals surface area contributed by atoms with E-state index in [4.69, 9.17) is 17.0 Å². The van der Waals surface area contributed by atoms with Gasteiger partial charge in [0.1, 0.15) is 0 Å². The molecule has 0 fully saturated rings. The van der Waals surface area contributed by atoms with Crippen LogP contribution in [0.2, 0.25) is 0 Å². The molecule has 1 aliphatic carbocycles. The average Bonchev–Trinajstić information content (AvgIpc) is 2.10. The van der Waals surface area contributed by atoms with Crippen LogP contribution in [-0.2, 0) is 0 Å². The standard InChI is InChI=1S/C11H14BrClN2/c1-11(2,3)15-6-7-9(14)5-4-8(12)10(7)13/h4-6,14-15H,1-3H3/b7-6+,14-9?. The summed E-state index contributed by atoms with van der Waals surface area (Å²) in [5, 5.41) is 11.5. The molecule has 1 aliphatic rings. The van der Waals surface area contributed by atoms with E-state index in [1.54, 1.807) is 18.4 Å². The van der Waals surface area contributed by atoms with E-state index in [2.05, 4.69) is 42.0 Å². The molecule has 15 heavy (non-hydrogen) atoms. The molecule has 0 saturated heterocycles. The molecule has 0 amide bonds. The van der Waals surface area contributed by atoms with E-state index in [0.29, 0.717) is 16.3 Å². The summed E-state index contributed by atoms with van der Waals surface area (Å²) in [6.45, 7) is 6.16. The predicted octanol–water partition coefficient (Wildman–Crippen LogP) is 3.69. The van der Waals surface area contributed by atoms with Gasteiger partial charge in [-0.05, 0) is 48.9 Å². The number of allylic oxidation sites excluding steroid dienone is 5. The molecule has 0 bridgehead atoms. The molecular weight excluding hydrogens is 275 g/mol. The Labute approximate surface area is 104 Å². The van der Waals surface area contributed by atoms with Crippen LogP contribution in [0.1, 0.15) is 20.8 Å². The number of rotatable bonds is 1. The Kier molecular flexibility index (Phi) is 3.79. The van der Waals surface area contributed by atoms with Gasteiger partial charge in [0.2, 0.25) is 0 Å². The summed E-state index contributed by atoms with van der Waals surface area (Å²) in [6.07, 6.45) is 5.28. The molecule has 1 rings (SSSR count). The molecule has 0 aromatic rings. The molecule has 0 saturated carbocycles. The van der Waals surface area contributed by atoms with Crippen molar-refractivity contribution in [1.29, 1.82) is 5.41 Å². The lowest BCUT2D eigenvalue weighted by Crippen LogP contribution is -2.32. The first-order valence-electron chi connectivity index (χ1n) is 4.62. The number of nitrogens with one attached hydrogen (secondary N) is 2. The van der Waals surface area contributed by atoms with Crippen molar-refractivity contribution in [2.45, 2.75) is 26.3 Å². The first-order valence-corrected chi connectivity index (χ1v) is 5.79.